The fraction of sp³-hybridized carbons (Fsp3) is 0.643. The van der Waals surface area contributed by atoms with E-state index in [4.69, 9.17) is 5.73 Å². The largest absolute Gasteiger partial charge is 0.324 e. The molecule has 0 radical (unpaired) electrons. The molecule has 0 amide bonds. The highest BCUT2D eigenvalue weighted by Gasteiger charge is 2.19. The summed E-state index contributed by atoms with van der Waals surface area (Å²) in [6.07, 6.45) is 5.50. The molecule has 0 aromatic carbocycles. The number of nitrogens with zero attached hydrogens (tertiary/aromatic N) is 1. The third kappa shape index (κ3) is 2.29. The first-order valence-corrected chi connectivity index (χ1v) is 6.66. The van der Waals surface area contributed by atoms with Crippen molar-refractivity contribution >= 4 is 0 Å². The molecule has 1 aromatic rings. The van der Waals surface area contributed by atoms with E-state index in [1.807, 2.05) is 17.6 Å². The van der Waals surface area contributed by atoms with E-state index in [0.717, 1.165) is 37.8 Å². The third-order valence-electron chi connectivity index (χ3n) is 3.60. The highest BCUT2D eigenvalue weighted by Crippen LogP contribution is 2.23. The highest BCUT2D eigenvalue weighted by atomic mass is 16.1. The van der Waals surface area contributed by atoms with Gasteiger partial charge in [0.15, 0.2) is 0 Å². The molecule has 1 aliphatic carbocycles. The Bertz CT molecular complexity index is 460. The maximum absolute atomic E-state index is 12.4. The van der Waals surface area contributed by atoms with E-state index in [9.17, 15) is 4.79 Å². The molecule has 3 nitrogen and oxygen atoms in total. The van der Waals surface area contributed by atoms with E-state index in [1.54, 1.807) is 0 Å². The van der Waals surface area contributed by atoms with Crippen molar-refractivity contribution in [2.45, 2.75) is 58.5 Å². The predicted molar refractivity (Wildman–Crippen MR) is 70.2 cm³/mol. The summed E-state index contributed by atoms with van der Waals surface area (Å²) in [5, 5.41) is 0. The molecule has 3 heteroatoms. The molecule has 1 aliphatic rings. The summed E-state index contributed by atoms with van der Waals surface area (Å²) in [6, 6.07) is 1.87. The quantitative estimate of drug-likeness (QED) is 0.867. The molecule has 1 unspecified atom stereocenters. The molecule has 1 heterocycles. The molecular formula is C14H22N2O. The minimum Gasteiger partial charge on any atom is -0.324 e. The van der Waals surface area contributed by atoms with Crippen molar-refractivity contribution in [3.63, 3.8) is 0 Å². The molecule has 94 valence electrons. The first-order valence-electron chi connectivity index (χ1n) is 6.66. The lowest BCUT2D eigenvalue weighted by Crippen LogP contribution is -2.30. The van der Waals surface area contributed by atoms with Crippen LogP contribution in [0.1, 0.15) is 56.0 Å². The number of nitrogens with two attached hydrogens (primary N) is 1. The van der Waals surface area contributed by atoms with Crippen molar-refractivity contribution in [3.8, 4) is 0 Å². The lowest BCUT2D eigenvalue weighted by Gasteiger charge is -2.15. The number of hydrogen-bond donors (Lipinski definition) is 1. The third-order valence-corrected chi connectivity index (χ3v) is 3.60. The first kappa shape index (κ1) is 12.4. The van der Waals surface area contributed by atoms with Gasteiger partial charge in [0.25, 0.3) is 5.56 Å². The Morgan fingerprint density at radius 3 is 2.88 bits per heavy atom. The monoisotopic (exact) mass is 234 g/mol. The van der Waals surface area contributed by atoms with Crippen molar-refractivity contribution in [1.82, 2.24) is 4.57 Å². The zero-order chi connectivity index (χ0) is 12.4. The van der Waals surface area contributed by atoms with Gasteiger partial charge in [-0.15, -0.1) is 0 Å². The van der Waals surface area contributed by atoms with Crippen LogP contribution in [0.25, 0.3) is 0 Å². The van der Waals surface area contributed by atoms with Gasteiger partial charge in [-0.3, -0.25) is 4.79 Å². The summed E-state index contributed by atoms with van der Waals surface area (Å²) >= 11 is 0. The summed E-state index contributed by atoms with van der Waals surface area (Å²) < 4.78 is 1.98. The molecule has 0 spiro atoms. The van der Waals surface area contributed by atoms with Crippen molar-refractivity contribution in [3.05, 3.63) is 33.2 Å². The van der Waals surface area contributed by atoms with Gasteiger partial charge in [-0.25, -0.2) is 0 Å². The van der Waals surface area contributed by atoms with Crippen LogP contribution in [0.3, 0.4) is 0 Å². The Balaban J connectivity index is 2.50. The van der Waals surface area contributed by atoms with Crippen LogP contribution in [0.2, 0.25) is 0 Å². The number of hydrogen-bond acceptors (Lipinski definition) is 2. The Hall–Kier alpha value is -1.09. The molecule has 0 saturated carbocycles. The Labute approximate surface area is 103 Å². The summed E-state index contributed by atoms with van der Waals surface area (Å²) in [7, 11) is 0. The zero-order valence-corrected chi connectivity index (χ0v) is 10.8. The number of fused-ring (bicyclic) bond motifs is 1. The van der Waals surface area contributed by atoms with Gasteiger partial charge < -0.3 is 10.3 Å². The molecule has 1 atom stereocenters. The van der Waals surface area contributed by atoms with Crippen LogP contribution < -0.4 is 11.3 Å². The SMILES string of the molecule is CCCCn1c2c(cc(C(C)N)c1=O)CCC2. The molecule has 0 bridgehead atoms. The van der Waals surface area contributed by atoms with Crippen molar-refractivity contribution in [2.75, 3.05) is 0 Å². The first-order chi connectivity index (χ1) is 8.15. The Morgan fingerprint density at radius 2 is 2.24 bits per heavy atom. The highest BCUT2D eigenvalue weighted by molar-refractivity contribution is 5.31. The van der Waals surface area contributed by atoms with E-state index < -0.39 is 0 Å². The van der Waals surface area contributed by atoms with Gasteiger partial charge >= 0.3 is 0 Å². The van der Waals surface area contributed by atoms with Gasteiger partial charge in [-0.1, -0.05) is 13.3 Å². The maximum atomic E-state index is 12.4. The molecule has 0 aliphatic heterocycles. The smallest absolute Gasteiger partial charge is 0.255 e. The second kappa shape index (κ2) is 5.05. The van der Waals surface area contributed by atoms with E-state index in [1.165, 1.54) is 17.7 Å². The van der Waals surface area contributed by atoms with Gasteiger partial charge in [-0.05, 0) is 44.2 Å². The van der Waals surface area contributed by atoms with Crippen molar-refractivity contribution < 1.29 is 0 Å². The normalized spacial score (nSPS) is 15.9. The lowest BCUT2D eigenvalue weighted by atomic mass is 10.1. The van der Waals surface area contributed by atoms with Gasteiger partial charge in [0, 0.05) is 23.8 Å². The number of aromatic nitrogens is 1. The number of rotatable bonds is 4. The van der Waals surface area contributed by atoms with Crippen molar-refractivity contribution in [1.29, 1.82) is 0 Å². The van der Waals surface area contributed by atoms with Crippen LogP contribution in [-0.2, 0) is 19.4 Å². The second-order valence-corrected chi connectivity index (χ2v) is 5.02. The van der Waals surface area contributed by atoms with E-state index >= 15 is 0 Å². The van der Waals surface area contributed by atoms with Crippen LogP contribution in [-0.4, -0.2) is 4.57 Å². The average Bonchev–Trinajstić information content (AvgIpc) is 2.74. The molecule has 2 N–H and O–H groups in total. The van der Waals surface area contributed by atoms with Crippen LogP contribution in [0.4, 0.5) is 0 Å². The van der Waals surface area contributed by atoms with E-state index in [2.05, 4.69) is 6.92 Å². The number of aryl methyl sites for hydroxylation is 1. The summed E-state index contributed by atoms with van der Waals surface area (Å²) in [4.78, 5) is 12.4. The number of unbranched alkanes of at least 4 members (excludes halogenated alkanes) is 1. The fourth-order valence-corrected chi connectivity index (χ4v) is 2.62. The minimum atomic E-state index is -0.165. The summed E-state index contributed by atoms with van der Waals surface area (Å²) in [6.45, 7) is 4.89. The number of pyridine rings is 1. The maximum Gasteiger partial charge on any atom is 0.255 e. The summed E-state index contributed by atoms with van der Waals surface area (Å²) in [5.41, 5.74) is 9.40. The van der Waals surface area contributed by atoms with Crippen LogP contribution in [0.15, 0.2) is 10.9 Å². The molecule has 0 saturated heterocycles. The molecular weight excluding hydrogens is 212 g/mol. The van der Waals surface area contributed by atoms with E-state index in [-0.39, 0.29) is 11.6 Å². The molecule has 17 heavy (non-hydrogen) atoms. The van der Waals surface area contributed by atoms with Gasteiger partial charge in [0.1, 0.15) is 0 Å². The lowest BCUT2D eigenvalue weighted by molar-refractivity contribution is 0.580. The minimum absolute atomic E-state index is 0.133. The van der Waals surface area contributed by atoms with Gasteiger partial charge in [-0.2, -0.15) is 0 Å². The zero-order valence-electron chi connectivity index (χ0n) is 10.8. The standard InChI is InChI=1S/C14H22N2O/c1-3-4-8-16-13-7-5-6-11(13)9-12(10(2)15)14(16)17/h9-10H,3-8,15H2,1-2H3. The second-order valence-electron chi connectivity index (χ2n) is 5.02. The molecule has 0 fully saturated rings. The Kier molecular flexibility index (Phi) is 3.67. The Morgan fingerprint density at radius 1 is 1.47 bits per heavy atom. The molecule has 1 aromatic heterocycles. The summed E-state index contributed by atoms with van der Waals surface area (Å²) in [5.74, 6) is 0. The van der Waals surface area contributed by atoms with Crippen LogP contribution >= 0.6 is 0 Å². The van der Waals surface area contributed by atoms with Crippen LogP contribution in [0.5, 0.6) is 0 Å². The van der Waals surface area contributed by atoms with Gasteiger partial charge in [0.2, 0.25) is 0 Å². The fourth-order valence-electron chi connectivity index (χ4n) is 2.62. The molecule has 2 rings (SSSR count). The van der Waals surface area contributed by atoms with E-state index in [0.29, 0.717) is 0 Å². The topological polar surface area (TPSA) is 48.0 Å². The van der Waals surface area contributed by atoms with Crippen LogP contribution in [0, 0.1) is 0 Å². The average molecular weight is 234 g/mol. The predicted octanol–water partition coefficient (Wildman–Crippen LogP) is 2.16. The van der Waals surface area contributed by atoms with Gasteiger partial charge in [0.05, 0.1) is 0 Å². The van der Waals surface area contributed by atoms with Crippen molar-refractivity contribution in [2.24, 2.45) is 5.73 Å².